The number of nitrogens with zero attached hydrogens (tertiary/aromatic N) is 2. The summed E-state index contributed by atoms with van der Waals surface area (Å²) in [6.45, 7) is 0. The van der Waals surface area contributed by atoms with Gasteiger partial charge in [-0.2, -0.15) is 5.26 Å². The Morgan fingerprint density at radius 3 is 2.95 bits per heavy atom. The van der Waals surface area contributed by atoms with Crippen molar-refractivity contribution < 1.29 is 0 Å². The normalized spacial score (nSPS) is 11.6. The SMILES string of the molecule is N#CC(=Cc1c[nH]c2ncc(Br)cc12)c1ccccc1Cl. The van der Waals surface area contributed by atoms with Gasteiger partial charge in [-0.1, -0.05) is 29.8 Å². The molecule has 1 aromatic carbocycles. The molecule has 3 aromatic rings. The lowest BCUT2D eigenvalue weighted by Gasteiger charge is -2.01. The van der Waals surface area contributed by atoms with Gasteiger partial charge < -0.3 is 4.98 Å². The minimum atomic E-state index is 0.515. The van der Waals surface area contributed by atoms with Crippen LogP contribution in [0.5, 0.6) is 0 Å². The van der Waals surface area contributed by atoms with Crippen LogP contribution in [0.25, 0.3) is 22.7 Å². The summed E-state index contributed by atoms with van der Waals surface area (Å²) in [7, 11) is 0. The Hall–Kier alpha value is -2.09. The van der Waals surface area contributed by atoms with Gasteiger partial charge in [0, 0.05) is 38.4 Å². The number of aromatic nitrogens is 2. The molecule has 0 saturated heterocycles. The van der Waals surface area contributed by atoms with E-state index < -0.39 is 0 Å². The molecule has 0 aliphatic rings. The average Bonchev–Trinajstić information content (AvgIpc) is 2.88. The number of nitriles is 1. The Labute approximate surface area is 135 Å². The van der Waals surface area contributed by atoms with Crippen LogP contribution in [0.15, 0.2) is 47.2 Å². The van der Waals surface area contributed by atoms with E-state index in [1.54, 1.807) is 12.3 Å². The first-order valence-corrected chi connectivity index (χ1v) is 7.35. The molecule has 21 heavy (non-hydrogen) atoms. The van der Waals surface area contributed by atoms with Gasteiger partial charge in [-0.05, 0) is 34.1 Å². The summed E-state index contributed by atoms with van der Waals surface area (Å²) in [5, 5.41) is 10.9. The molecule has 2 aromatic heterocycles. The Kier molecular flexibility index (Phi) is 3.78. The van der Waals surface area contributed by atoms with Crippen molar-refractivity contribution in [3.05, 3.63) is 63.3 Å². The molecule has 3 rings (SSSR count). The fourth-order valence-corrected chi connectivity index (χ4v) is 2.69. The molecular formula is C16H9BrClN3. The summed E-state index contributed by atoms with van der Waals surface area (Å²) in [4.78, 5) is 7.38. The standard InChI is InChI=1S/C16H9BrClN3/c17-12-6-14-11(8-20-16(14)21-9-12)5-10(7-19)13-3-1-2-4-15(13)18/h1-6,8-9H,(H,20,21). The van der Waals surface area contributed by atoms with E-state index in [0.717, 1.165) is 26.6 Å². The molecule has 102 valence electrons. The number of hydrogen-bond acceptors (Lipinski definition) is 2. The molecule has 0 saturated carbocycles. The van der Waals surface area contributed by atoms with Crippen molar-refractivity contribution in [3.63, 3.8) is 0 Å². The number of benzene rings is 1. The van der Waals surface area contributed by atoms with Crippen molar-refractivity contribution in [1.82, 2.24) is 9.97 Å². The first kappa shape index (κ1) is 13.9. The molecule has 5 heteroatoms. The van der Waals surface area contributed by atoms with E-state index in [0.29, 0.717) is 10.6 Å². The fourth-order valence-electron chi connectivity index (χ4n) is 2.12. The molecule has 0 fully saturated rings. The van der Waals surface area contributed by atoms with Crippen molar-refractivity contribution in [3.8, 4) is 6.07 Å². The lowest BCUT2D eigenvalue weighted by molar-refractivity contribution is 1.31. The van der Waals surface area contributed by atoms with Crippen LogP contribution in [0.3, 0.4) is 0 Å². The number of allylic oxidation sites excluding steroid dienone is 1. The van der Waals surface area contributed by atoms with E-state index in [-0.39, 0.29) is 0 Å². The molecule has 3 nitrogen and oxygen atoms in total. The smallest absolute Gasteiger partial charge is 0.137 e. The number of rotatable bonds is 2. The number of hydrogen-bond donors (Lipinski definition) is 1. The Morgan fingerprint density at radius 2 is 2.19 bits per heavy atom. The van der Waals surface area contributed by atoms with Crippen LogP contribution in [-0.2, 0) is 0 Å². The predicted octanol–water partition coefficient (Wildman–Crippen LogP) is 5.04. The first-order valence-electron chi connectivity index (χ1n) is 6.18. The highest BCUT2D eigenvalue weighted by atomic mass is 79.9. The lowest BCUT2D eigenvalue weighted by Crippen LogP contribution is -1.83. The van der Waals surface area contributed by atoms with Crippen molar-refractivity contribution >= 4 is 50.2 Å². The van der Waals surface area contributed by atoms with Gasteiger partial charge in [0.1, 0.15) is 5.65 Å². The second kappa shape index (κ2) is 5.72. The molecule has 0 spiro atoms. The van der Waals surface area contributed by atoms with Crippen molar-refractivity contribution in [2.24, 2.45) is 0 Å². The second-order valence-corrected chi connectivity index (χ2v) is 5.77. The molecule has 0 amide bonds. The number of nitrogens with one attached hydrogen (secondary N) is 1. The van der Waals surface area contributed by atoms with E-state index in [1.807, 2.05) is 36.5 Å². The fraction of sp³-hybridized carbons (Fsp3) is 0. The quantitative estimate of drug-likeness (QED) is 0.652. The lowest BCUT2D eigenvalue weighted by atomic mass is 10.0. The summed E-state index contributed by atoms with van der Waals surface area (Å²) in [6.07, 6.45) is 5.37. The van der Waals surface area contributed by atoms with Gasteiger partial charge in [0.15, 0.2) is 0 Å². The van der Waals surface area contributed by atoms with Gasteiger partial charge in [-0.25, -0.2) is 4.98 Å². The van der Waals surface area contributed by atoms with E-state index in [1.165, 1.54) is 0 Å². The molecule has 0 unspecified atom stereocenters. The van der Waals surface area contributed by atoms with Crippen LogP contribution in [0, 0.1) is 11.3 Å². The van der Waals surface area contributed by atoms with E-state index in [2.05, 4.69) is 32.0 Å². The van der Waals surface area contributed by atoms with Gasteiger partial charge in [0.25, 0.3) is 0 Å². The number of halogens is 2. The van der Waals surface area contributed by atoms with Crippen LogP contribution in [-0.4, -0.2) is 9.97 Å². The minimum Gasteiger partial charge on any atom is -0.346 e. The van der Waals surface area contributed by atoms with Crippen LogP contribution in [0.1, 0.15) is 11.1 Å². The largest absolute Gasteiger partial charge is 0.346 e. The van der Waals surface area contributed by atoms with Gasteiger partial charge in [-0.15, -0.1) is 0 Å². The molecular weight excluding hydrogens is 350 g/mol. The highest BCUT2D eigenvalue weighted by Crippen LogP contribution is 2.28. The summed E-state index contributed by atoms with van der Waals surface area (Å²) < 4.78 is 0.889. The topological polar surface area (TPSA) is 52.5 Å². The van der Waals surface area contributed by atoms with E-state index in [4.69, 9.17) is 11.6 Å². The number of aromatic amines is 1. The van der Waals surface area contributed by atoms with Crippen molar-refractivity contribution in [2.45, 2.75) is 0 Å². The Morgan fingerprint density at radius 1 is 1.38 bits per heavy atom. The Balaban J connectivity index is 2.16. The maximum absolute atomic E-state index is 9.42. The maximum Gasteiger partial charge on any atom is 0.137 e. The highest BCUT2D eigenvalue weighted by Gasteiger charge is 2.08. The molecule has 0 radical (unpaired) electrons. The summed E-state index contributed by atoms with van der Waals surface area (Å²) in [5.41, 5.74) is 2.91. The number of fused-ring (bicyclic) bond motifs is 1. The second-order valence-electron chi connectivity index (χ2n) is 4.44. The number of H-pyrrole nitrogens is 1. The molecule has 2 heterocycles. The zero-order valence-electron chi connectivity index (χ0n) is 10.8. The summed E-state index contributed by atoms with van der Waals surface area (Å²) in [5.74, 6) is 0. The highest BCUT2D eigenvalue weighted by molar-refractivity contribution is 9.10. The van der Waals surface area contributed by atoms with E-state index >= 15 is 0 Å². The zero-order valence-corrected chi connectivity index (χ0v) is 13.1. The third-order valence-corrected chi connectivity index (χ3v) is 3.88. The van der Waals surface area contributed by atoms with E-state index in [9.17, 15) is 5.26 Å². The molecule has 0 atom stereocenters. The van der Waals surface area contributed by atoms with Gasteiger partial charge >= 0.3 is 0 Å². The first-order chi connectivity index (χ1) is 10.2. The monoisotopic (exact) mass is 357 g/mol. The third-order valence-electron chi connectivity index (χ3n) is 3.11. The Bertz CT molecular complexity index is 890. The average molecular weight is 359 g/mol. The summed E-state index contributed by atoms with van der Waals surface area (Å²) >= 11 is 9.57. The maximum atomic E-state index is 9.42. The zero-order chi connectivity index (χ0) is 14.8. The predicted molar refractivity (Wildman–Crippen MR) is 88.7 cm³/mol. The number of pyridine rings is 1. The van der Waals surface area contributed by atoms with Crippen molar-refractivity contribution in [1.29, 1.82) is 5.26 Å². The van der Waals surface area contributed by atoms with Gasteiger partial charge in [0.2, 0.25) is 0 Å². The molecule has 0 aliphatic carbocycles. The van der Waals surface area contributed by atoms with Crippen LogP contribution in [0.2, 0.25) is 5.02 Å². The minimum absolute atomic E-state index is 0.515. The molecule has 0 bridgehead atoms. The molecule has 1 N–H and O–H groups in total. The van der Waals surface area contributed by atoms with Crippen molar-refractivity contribution in [2.75, 3.05) is 0 Å². The third kappa shape index (κ3) is 2.71. The van der Waals surface area contributed by atoms with Crippen LogP contribution in [0.4, 0.5) is 0 Å². The summed E-state index contributed by atoms with van der Waals surface area (Å²) in [6, 6.07) is 11.5. The van der Waals surface area contributed by atoms with Gasteiger partial charge in [-0.3, -0.25) is 0 Å². The molecule has 0 aliphatic heterocycles. The van der Waals surface area contributed by atoms with Gasteiger partial charge in [0.05, 0.1) is 11.6 Å². The van der Waals surface area contributed by atoms with Crippen LogP contribution < -0.4 is 0 Å². The van der Waals surface area contributed by atoms with Crippen LogP contribution >= 0.6 is 27.5 Å².